The number of hydrogen-bond donors (Lipinski definition) is 2. The van der Waals surface area contributed by atoms with Gasteiger partial charge in [-0.3, -0.25) is 4.99 Å². The van der Waals surface area contributed by atoms with Crippen molar-refractivity contribution >= 4 is 38.9 Å². The van der Waals surface area contributed by atoms with Crippen molar-refractivity contribution in [2.45, 2.75) is 12.8 Å². The van der Waals surface area contributed by atoms with Crippen LogP contribution in [0, 0.1) is 0 Å². The van der Waals surface area contributed by atoms with Crippen LogP contribution in [0.1, 0.15) is 4.88 Å². The van der Waals surface area contributed by atoms with Gasteiger partial charge in [0.1, 0.15) is 5.75 Å². The number of hydrogen-bond acceptors (Lipinski definition) is 3. The molecule has 23 heavy (non-hydrogen) atoms. The van der Waals surface area contributed by atoms with E-state index >= 15 is 0 Å². The van der Waals surface area contributed by atoms with Crippen LogP contribution in [0.25, 0.3) is 0 Å². The Morgan fingerprint density at radius 2 is 1.91 bits per heavy atom. The van der Waals surface area contributed by atoms with E-state index in [0.717, 1.165) is 10.2 Å². The SMILES string of the molecule is NC(=NCCc1ccc(Br)s1)Nc1ccc(OC(F)(F)F)cc1. The monoisotopic (exact) mass is 407 g/mol. The number of rotatable bonds is 5. The summed E-state index contributed by atoms with van der Waals surface area (Å²) in [4.78, 5) is 5.35. The minimum atomic E-state index is -4.70. The lowest BCUT2D eigenvalue weighted by Gasteiger charge is -2.10. The molecular formula is C14H13BrF3N3OS. The first-order valence-corrected chi connectivity index (χ1v) is 8.10. The molecule has 0 spiro atoms. The number of benzene rings is 1. The quantitative estimate of drug-likeness (QED) is 0.571. The third-order valence-electron chi connectivity index (χ3n) is 2.63. The second kappa shape index (κ2) is 7.69. The zero-order valence-electron chi connectivity index (χ0n) is 11.7. The van der Waals surface area contributed by atoms with Crippen LogP contribution >= 0.6 is 27.3 Å². The van der Waals surface area contributed by atoms with Crippen LogP contribution in [0.2, 0.25) is 0 Å². The Hall–Kier alpha value is -1.74. The van der Waals surface area contributed by atoms with Gasteiger partial charge in [0.25, 0.3) is 0 Å². The number of thiophene rings is 1. The highest BCUT2D eigenvalue weighted by molar-refractivity contribution is 9.11. The van der Waals surface area contributed by atoms with E-state index in [0.29, 0.717) is 12.2 Å². The second-order valence-corrected chi connectivity index (χ2v) is 6.97. The topological polar surface area (TPSA) is 59.6 Å². The summed E-state index contributed by atoms with van der Waals surface area (Å²) < 4.78 is 41.0. The molecule has 0 fully saturated rings. The zero-order valence-corrected chi connectivity index (χ0v) is 14.1. The molecule has 0 amide bonds. The minimum absolute atomic E-state index is 0.199. The van der Waals surface area contributed by atoms with E-state index in [1.807, 2.05) is 12.1 Å². The Balaban J connectivity index is 1.84. The lowest BCUT2D eigenvalue weighted by Crippen LogP contribution is -2.23. The van der Waals surface area contributed by atoms with Crippen molar-refractivity contribution in [3.05, 3.63) is 45.1 Å². The molecule has 1 heterocycles. The van der Waals surface area contributed by atoms with Gasteiger partial charge in [-0.15, -0.1) is 24.5 Å². The highest BCUT2D eigenvalue weighted by Gasteiger charge is 2.30. The first kappa shape index (κ1) is 17.6. The number of guanidine groups is 1. The second-order valence-electron chi connectivity index (χ2n) is 4.42. The number of nitrogens with one attached hydrogen (secondary N) is 1. The van der Waals surface area contributed by atoms with E-state index < -0.39 is 6.36 Å². The number of nitrogens with two attached hydrogens (primary N) is 1. The maximum absolute atomic E-state index is 12.1. The first-order valence-electron chi connectivity index (χ1n) is 6.49. The lowest BCUT2D eigenvalue weighted by molar-refractivity contribution is -0.274. The van der Waals surface area contributed by atoms with E-state index in [1.54, 1.807) is 11.3 Å². The Bertz CT molecular complexity index is 671. The summed E-state index contributed by atoms with van der Waals surface area (Å²) in [6.45, 7) is 0.515. The summed E-state index contributed by atoms with van der Waals surface area (Å²) in [7, 11) is 0. The van der Waals surface area contributed by atoms with E-state index in [9.17, 15) is 13.2 Å². The number of nitrogens with zero attached hydrogens (tertiary/aromatic N) is 1. The zero-order chi connectivity index (χ0) is 16.9. The molecule has 1 aromatic carbocycles. The smallest absolute Gasteiger partial charge is 0.406 e. The Morgan fingerprint density at radius 3 is 2.48 bits per heavy atom. The molecule has 0 radical (unpaired) electrons. The number of anilines is 1. The molecule has 4 nitrogen and oxygen atoms in total. The molecule has 0 bridgehead atoms. The summed E-state index contributed by atoms with van der Waals surface area (Å²) >= 11 is 5.02. The van der Waals surface area contributed by atoms with Gasteiger partial charge in [-0.2, -0.15) is 0 Å². The maximum Gasteiger partial charge on any atom is 0.573 e. The van der Waals surface area contributed by atoms with Crippen molar-refractivity contribution in [2.24, 2.45) is 10.7 Å². The molecule has 2 rings (SSSR count). The van der Waals surface area contributed by atoms with Gasteiger partial charge in [-0.05, 0) is 52.3 Å². The minimum Gasteiger partial charge on any atom is -0.406 e. The third kappa shape index (κ3) is 6.49. The third-order valence-corrected chi connectivity index (χ3v) is 4.31. The Labute approximate surface area is 143 Å². The van der Waals surface area contributed by atoms with E-state index in [4.69, 9.17) is 5.73 Å². The molecule has 0 atom stereocenters. The van der Waals surface area contributed by atoms with Crippen molar-refractivity contribution in [2.75, 3.05) is 11.9 Å². The standard InChI is InChI=1S/C14H13BrF3N3OS/c15-12-6-5-11(23-12)7-8-20-13(19)21-9-1-3-10(4-2-9)22-14(16,17)18/h1-6H,7-8H2,(H3,19,20,21). The molecule has 0 saturated carbocycles. The molecule has 0 aliphatic heterocycles. The lowest BCUT2D eigenvalue weighted by atomic mass is 10.3. The van der Waals surface area contributed by atoms with Crippen molar-refractivity contribution in [3.8, 4) is 5.75 Å². The van der Waals surface area contributed by atoms with Crippen LogP contribution in [0.5, 0.6) is 5.75 Å². The first-order chi connectivity index (χ1) is 10.8. The molecule has 124 valence electrons. The largest absolute Gasteiger partial charge is 0.573 e. The summed E-state index contributed by atoms with van der Waals surface area (Å²) in [6.07, 6.45) is -3.94. The normalized spacial score (nSPS) is 12.3. The molecule has 9 heteroatoms. The molecule has 2 aromatic rings. The fourth-order valence-electron chi connectivity index (χ4n) is 1.70. The maximum atomic E-state index is 12.1. The number of halogens is 4. The van der Waals surface area contributed by atoms with Crippen molar-refractivity contribution in [3.63, 3.8) is 0 Å². The van der Waals surface area contributed by atoms with Gasteiger partial charge in [0, 0.05) is 23.5 Å². The van der Waals surface area contributed by atoms with Gasteiger partial charge in [-0.25, -0.2) is 0 Å². The van der Waals surface area contributed by atoms with E-state index in [1.165, 1.54) is 29.1 Å². The van der Waals surface area contributed by atoms with Crippen molar-refractivity contribution < 1.29 is 17.9 Å². The molecule has 1 aromatic heterocycles. The van der Waals surface area contributed by atoms with Crippen molar-refractivity contribution in [1.29, 1.82) is 0 Å². The molecule has 0 aliphatic rings. The average molecular weight is 408 g/mol. The summed E-state index contributed by atoms with van der Waals surface area (Å²) in [5.41, 5.74) is 6.26. The Kier molecular flexibility index (Phi) is 5.89. The van der Waals surface area contributed by atoms with E-state index in [-0.39, 0.29) is 11.7 Å². The van der Waals surface area contributed by atoms with E-state index in [2.05, 4.69) is 31.0 Å². The Morgan fingerprint density at radius 1 is 1.22 bits per heavy atom. The fraction of sp³-hybridized carbons (Fsp3) is 0.214. The molecule has 0 unspecified atom stereocenters. The number of alkyl halides is 3. The molecular weight excluding hydrogens is 395 g/mol. The number of ether oxygens (including phenoxy) is 1. The predicted molar refractivity (Wildman–Crippen MR) is 89.0 cm³/mol. The van der Waals surface area contributed by atoms with Crippen LogP contribution in [0.15, 0.2) is 45.2 Å². The van der Waals surface area contributed by atoms with Crippen LogP contribution < -0.4 is 15.8 Å². The summed E-state index contributed by atoms with van der Waals surface area (Å²) in [6, 6.07) is 9.24. The van der Waals surface area contributed by atoms with Gasteiger partial charge in [0.05, 0.1) is 3.79 Å². The summed E-state index contributed by atoms with van der Waals surface area (Å²) in [5, 5.41) is 2.81. The van der Waals surface area contributed by atoms with Crippen LogP contribution in [0.3, 0.4) is 0 Å². The molecule has 0 aliphatic carbocycles. The fourth-order valence-corrected chi connectivity index (χ4v) is 3.17. The van der Waals surface area contributed by atoms with Crippen LogP contribution in [-0.4, -0.2) is 18.9 Å². The van der Waals surface area contributed by atoms with Crippen LogP contribution in [0.4, 0.5) is 18.9 Å². The summed E-state index contributed by atoms with van der Waals surface area (Å²) in [5.74, 6) is -0.0908. The average Bonchev–Trinajstić information content (AvgIpc) is 2.85. The van der Waals surface area contributed by atoms with Gasteiger partial charge in [0.2, 0.25) is 0 Å². The number of aliphatic imine (C=N–C) groups is 1. The van der Waals surface area contributed by atoms with Gasteiger partial charge in [-0.1, -0.05) is 0 Å². The van der Waals surface area contributed by atoms with Gasteiger partial charge < -0.3 is 15.8 Å². The predicted octanol–water partition coefficient (Wildman–Crippen LogP) is 4.38. The van der Waals surface area contributed by atoms with Gasteiger partial charge in [0.15, 0.2) is 5.96 Å². The van der Waals surface area contributed by atoms with Crippen LogP contribution in [-0.2, 0) is 6.42 Å². The van der Waals surface area contributed by atoms with Crippen molar-refractivity contribution in [1.82, 2.24) is 0 Å². The molecule has 0 saturated heterocycles. The van der Waals surface area contributed by atoms with Gasteiger partial charge >= 0.3 is 6.36 Å². The highest BCUT2D eigenvalue weighted by atomic mass is 79.9. The molecule has 3 N–H and O–H groups in total. The highest BCUT2D eigenvalue weighted by Crippen LogP contribution is 2.24.